The zero-order valence-electron chi connectivity index (χ0n) is 20.4. The number of rotatable bonds is 8. The van der Waals surface area contributed by atoms with Crippen LogP contribution in [0.2, 0.25) is 0 Å². The molecule has 0 amide bonds. The lowest BCUT2D eigenvalue weighted by Gasteiger charge is -2.28. The molecular weight excluding hydrogens is 444 g/mol. The first-order chi connectivity index (χ1) is 17.8. The summed E-state index contributed by atoms with van der Waals surface area (Å²) in [4.78, 5) is 4.48. The third-order valence-electron chi connectivity index (χ3n) is 6.06. The summed E-state index contributed by atoms with van der Waals surface area (Å²) in [6.07, 6.45) is 0. The van der Waals surface area contributed by atoms with Gasteiger partial charge in [0.15, 0.2) is 0 Å². The predicted molar refractivity (Wildman–Crippen MR) is 149 cm³/mol. The Labute approximate surface area is 212 Å². The zero-order chi connectivity index (χ0) is 24.7. The molecule has 0 aliphatic carbocycles. The van der Waals surface area contributed by atoms with Crippen molar-refractivity contribution in [3.8, 4) is 11.5 Å². The third-order valence-corrected chi connectivity index (χ3v) is 6.06. The van der Waals surface area contributed by atoms with Crippen molar-refractivity contribution in [1.82, 2.24) is 0 Å². The molecule has 5 rings (SSSR count). The summed E-state index contributed by atoms with van der Waals surface area (Å²) in [7, 11) is 3.37. The van der Waals surface area contributed by atoms with E-state index < -0.39 is 0 Å². The number of anilines is 6. The molecule has 0 saturated heterocycles. The van der Waals surface area contributed by atoms with Crippen LogP contribution in [0, 0.1) is 0 Å². The van der Waals surface area contributed by atoms with Crippen molar-refractivity contribution in [2.75, 3.05) is 24.0 Å². The molecular formula is C32H28N2O2. The number of hydrogen-bond acceptors (Lipinski definition) is 4. The molecule has 0 fully saturated rings. The van der Waals surface area contributed by atoms with Crippen LogP contribution in [0.1, 0.15) is 0 Å². The van der Waals surface area contributed by atoms with Crippen LogP contribution >= 0.6 is 0 Å². The molecule has 0 aliphatic heterocycles. The smallest absolute Gasteiger partial charge is 0.119 e. The fraction of sp³-hybridized carbons (Fsp3) is 0.0625. The molecule has 0 N–H and O–H groups in total. The topological polar surface area (TPSA) is 24.9 Å². The van der Waals surface area contributed by atoms with Crippen LogP contribution in [-0.2, 0) is 0 Å². The molecule has 0 aromatic heterocycles. The van der Waals surface area contributed by atoms with E-state index in [9.17, 15) is 0 Å². The first kappa shape index (κ1) is 23.1. The molecule has 0 bridgehead atoms. The Kier molecular flexibility index (Phi) is 6.86. The second-order valence-electron chi connectivity index (χ2n) is 8.25. The molecule has 5 aromatic rings. The van der Waals surface area contributed by atoms with Gasteiger partial charge < -0.3 is 19.3 Å². The maximum Gasteiger partial charge on any atom is 0.119 e. The van der Waals surface area contributed by atoms with Gasteiger partial charge in [-0.25, -0.2) is 0 Å². The third kappa shape index (κ3) is 4.89. The average molecular weight is 473 g/mol. The Morgan fingerprint density at radius 2 is 0.583 bits per heavy atom. The lowest BCUT2D eigenvalue weighted by Crippen LogP contribution is -2.12. The van der Waals surface area contributed by atoms with Gasteiger partial charge in [-0.05, 0) is 97.1 Å². The fourth-order valence-electron chi connectivity index (χ4n) is 4.26. The Bertz CT molecular complexity index is 1260. The minimum absolute atomic E-state index is 0.833. The number of nitrogens with zero attached hydrogens (tertiary/aromatic N) is 2. The summed E-state index contributed by atoms with van der Waals surface area (Å²) in [5.74, 6) is 1.67. The van der Waals surface area contributed by atoms with E-state index in [4.69, 9.17) is 9.47 Å². The van der Waals surface area contributed by atoms with Gasteiger partial charge in [-0.1, -0.05) is 36.4 Å². The molecule has 36 heavy (non-hydrogen) atoms. The van der Waals surface area contributed by atoms with E-state index >= 15 is 0 Å². The summed E-state index contributed by atoms with van der Waals surface area (Å²) < 4.78 is 10.7. The maximum atomic E-state index is 5.37. The van der Waals surface area contributed by atoms with Crippen molar-refractivity contribution in [2.45, 2.75) is 0 Å². The van der Waals surface area contributed by atoms with E-state index in [1.165, 1.54) is 0 Å². The molecule has 178 valence electrons. The molecule has 0 saturated carbocycles. The molecule has 5 aromatic carbocycles. The summed E-state index contributed by atoms with van der Waals surface area (Å²) in [6, 6.07) is 45.6. The molecule has 0 aliphatic rings. The van der Waals surface area contributed by atoms with E-state index in [0.29, 0.717) is 0 Å². The van der Waals surface area contributed by atoms with Crippen molar-refractivity contribution < 1.29 is 9.47 Å². The SMILES string of the molecule is COc1ccc(N(c2ccccc2)c2ccc(N(c3ccccc3)c3ccc(OC)cc3)cc2)cc1. The van der Waals surface area contributed by atoms with Gasteiger partial charge in [-0.3, -0.25) is 0 Å². The van der Waals surface area contributed by atoms with E-state index in [2.05, 4.69) is 107 Å². The Balaban J connectivity index is 1.55. The van der Waals surface area contributed by atoms with Crippen LogP contribution in [0.15, 0.2) is 133 Å². The van der Waals surface area contributed by atoms with Gasteiger partial charge >= 0.3 is 0 Å². The first-order valence-corrected chi connectivity index (χ1v) is 11.9. The van der Waals surface area contributed by atoms with E-state index in [0.717, 1.165) is 45.6 Å². The second-order valence-corrected chi connectivity index (χ2v) is 8.25. The molecule has 0 unspecified atom stereocenters. The Morgan fingerprint density at radius 1 is 0.333 bits per heavy atom. The number of hydrogen-bond donors (Lipinski definition) is 0. The number of methoxy groups -OCH3 is 2. The van der Waals surface area contributed by atoms with Gasteiger partial charge in [0.1, 0.15) is 11.5 Å². The van der Waals surface area contributed by atoms with Gasteiger partial charge in [0.2, 0.25) is 0 Å². The number of ether oxygens (including phenoxy) is 2. The predicted octanol–water partition coefficient (Wildman–Crippen LogP) is 8.64. The van der Waals surface area contributed by atoms with E-state index in [-0.39, 0.29) is 0 Å². The molecule has 4 nitrogen and oxygen atoms in total. The first-order valence-electron chi connectivity index (χ1n) is 11.9. The van der Waals surface area contributed by atoms with Crippen molar-refractivity contribution >= 4 is 34.1 Å². The highest BCUT2D eigenvalue weighted by Crippen LogP contribution is 2.39. The van der Waals surface area contributed by atoms with Gasteiger partial charge in [0, 0.05) is 34.1 Å². The van der Waals surface area contributed by atoms with Crippen LogP contribution in [0.25, 0.3) is 0 Å². The van der Waals surface area contributed by atoms with Crippen LogP contribution < -0.4 is 19.3 Å². The summed E-state index contributed by atoms with van der Waals surface area (Å²) in [6.45, 7) is 0. The lowest BCUT2D eigenvalue weighted by molar-refractivity contribution is 0.414. The Morgan fingerprint density at radius 3 is 0.861 bits per heavy atom. The summed E-state index contributed by atoms with van der Waals surface area (Å²) in [5, 5.41) is 0. The van der Waals surface area contributed by atoms with Gasteiger partial charge in [0.05, 0.1) is 14.2 Å². The lowest BCUT2D eigenvalue weighted by atomic mass is 10.1. The van der Waals surface area contributed by atoms with Crippen molar-refractivity contribution in [2.24, 2.45) is 0 Å². The molecule has 0 spiro atoms. The van der Waals surface area contributed by atoms with Gasteiger partial charge in [-0.2, -0.15) is 0 Å². The van der Waals surface area contributed by atoms with Crippen LogP contribution in [0.3, 0.4) is 0 Å². The van der Waals surface area contributed by atoms with Crippen molar-refractivity contribution in [3.05, 3.63) is 133 Å². The summed E-state index contributed by atoms with van der Waals surface area (Å²) >= 11 is 0. The fourth-order valence-corrected chi connectivity index (χ4v) is 4.26. The molecule has 4 heteroatoms. The average Bonchev–Trinajstić information content (AvgIpc) is 2.96. The van der Waals surface area contributed by atoms with Gasteiger partial charge in [0.25, 0.3) is 0 Å². The largest absolute Gasteiger partial charge is 0.497 e. The highest BCUT2D eigenvalue weighted by Gasteiger charge is 2.16. The molecule has 0 atom stereocenters. The van der Waals surface area contributed by atoms with Crippen LogP contribution in [-0.4, -0.2) is 14.2 Å². The quantitative estimate of drug-likeness (QED) is 0.226. The van der Waals surface area contributed by atoms with Crippen LogP contribution in [0.5, 0.6) is 11.5 Å². The van der Waals surface area contributed by atoms with Crippen molar-refractivity contribution in [3.63, 3.8) is 0 Å². The second kappa shape index (κ2) is 10.7. The van der Waals surface area contributed by atoms with E-state index in [1.807, 2.05) is 36.4 Å². The van der Waals surface area contributed by atoms with Gasteiger partial charge in [-0.15, -0.1) is 0 Å². The summed E-state index contributed by atoms with van der Waals surface area (Å²) in [5.41, 5.74) is 6.43. The Hall–Kier alpha value is -4.70. The minimum Gasteiger partial charge on any atom is -0.497 e. The van der Waals surface area contributed by atoms with Crippen molar-refractivity contribution in [1.29, 1.82) is 0 Å². The monoisotopic (exact) mass is 472 g/mol. The number of benzene rings is 5. The maximum absolute atomic E-state index is 5.37. The van der Waals surface area contributed by atoms with Crippen LogP contribution in [0.4, 0.5) is 34.1 Å². The van der Waals surface area contributed by atoms with E-state index in [1.54, 1.807) is 14.2 Å². The molecule has 0 heterocycles. The normalized spacial score (nSPS) is 10.5. The number of para-hydroxylation sites is 2. The highest BCUT2D eigenvalue weighted by atomic mass is 16.5. The minimum atomic E-state index is 0.833. The standard InChI is InChI=1S/C32H28N2O2/c1-35-31-21-17-29(18-22-31)33(25-9-5-3-6-10-25)27-13-15-28(16-14-27)34(26-11-7-4-8-12-26)30-19-23-32(36-2)24-20-30/h3-24H,1-2H3. The molecule has 0 radical (unpaired) electrons. The zero-order valence-corrected chi connectivity index (χ0v) is 20.4. The highest BCUT2D eigenvalue weighted by molar-refractivity contribution is 5.81.